The molecule has 0 saturated carbocycles. The quantitative estimate of drug-likeness (QED) is 0.681. The Morgan fingerprint density at radius 1 is 1.06 bits per heavy atom. The molecule has 1 aromatic heterocycles. The molecule has 0 radical (unpaired) electrons. The summed E-state index contributed by atoms with van der Waals surface area (Å²) in [5, 5.41) is 0. The van der Waals surface area contributed by atoms with Crippen LogP contribution in [0.5, 0.6) is 0 Å². The number of benzene rings is 1. The highest BCUT2D eigenvalue weighted by Gasteiger charge is 2.08. The number of aromatic nitrogens is 2. The van der Waals surface area contributed by atoms with Gasteiger partial charge in [-0.25, -0.2) is 4.98 Å². The average Bonchev–Trinajstić information content (AvgIpc) is 2.69. The van der Waals surface area contributed by atoms with Gasteiger partial charge in [-0.2, -0.15) is 0 Å². The molecule has 0 N–H and O–H groups in total. The molecular formula is C15H22N2. The molecule has 1 heterocycles. The predicted molar refractivity (Wildman–Crippen MR) is 73.3 cm³/mol. The first kappa shape index (κ1) is 12.2. The van der Waals surface area contributed by atoms with Crippen molar-refractivity contribution < 1.29 is 0 Å². The summed E-state index contributed by atoms with van der Waals surface area (Å²) in [7, 11) is 0. The van der Waals surface area contributed by atoms with E-state index in [4.69, 9.17) is 4.98 Å². The first-order valence-corrected chi connectivity index (χ1v) is 6.81. The Morgan fingerprint density at radius 3 is 2.65 bits per heavy atom. The van der Waals surface area contributed by atoms with Crippen LogP contribution in [-0.2, 0) is 13.0 Å². The van der Waals surface area contributed by atoms with E-state index in [2.05, 4.69) is 42.7 Å². The minimum Gasteiger partial charge on any atom is -0.328 e. The van der Waals surface area contributed by atoms with Gasteiger partial charge in [0.15, 0.2) is 0 Å². The molecule has 92 valence electrons. The fourth-order valence-corrected chi connectivity index (χ4v) is 2.31. The van der Waals surface area contributed by atoms with Crippen LogP contribution in [0.25, 0.3) is 11.0 Å². The van der Waals surface area contributed by atoms with E-state index in [1.165, 1.54) is 30.6 Å². The number of aryl methyl sites for hydroxylation is 2. The fourth-order valence-electron chi connectivity index (χ4n) is 2.31. The molecule has 0 saturated heterocycles. The molecule has 0 bridgehead atoms. The standard InChI is InChI=1S/C15H22N2/c1-3-5-8-12-17-14-11-7-6-10-13(14)16-15(17)9-4-2/h6-7,10-11H,3-5,8-9,12H2,1-2H3. The SMILES string of the molecule is CCCCCn1c(CCC)nc2ccccc21. The second-order valence-corrected chi connectivity index (χ2v) is 4.63. The van der Waals surface area contributed by atoms with E-state index in [0.717, 1.165) is 24.9 Å². The second kappa shape index (κ2) is 5.85. The third-order valence-electron chi connectivity index (χ3n) is 3.19. The van der Waals surface area contributed by atoms with Crippen molar-refractivity contribution in [2.24, 2.45) is 0 Å². The largest absolute Gasteiger partial charge is 0.328 e. The van der Waals surface area contributed by atoms with E-state index in [9.17, 15) is 0 Å². The summed E-state index contributed by atoms with van der Waals surface area (Å²) >= 11 is 0. The molecule has 2 aromatic rings. The minimum absolute atomic E-state index is 1.08. The number of unbranched alkanes of at least 4 members (excludes halogenated alkanes) is 2. The van der Waals surface area contributed by atoms with Crippen molar-refractivity contribution in [2.45, 2.75) is 52.5 Å². The topological polar surface area (TPSA) is 17.8 Å². The van der Waals surface area contributed by atoms with Gasteiger partial charge in [0.1, 0.15) is 5.82 Å². The number of imidazole rings is 1. The van der Waals surface area contributed by atoms with Crippen LogP contribution in [0.15, 0.2) is 24.3 Å². The monoisotopic (exact) mass is 230 g/mol. The Bertz CT molecular complexity index is 471. The van der Waals surface area contributed by atoms with Gasteiger partial charge >= 0.3 is 0 Å². The lowest BCUT2D eigenvalue weighted by Gasteiger charge is -2.08. The van der Waals surface area contributed by atoms with Crippen LogP contribution in [0.4, 0.5) is 0 Å². The molecular weight excluding hydrogens is 208 g/mol. The lowest BCUT2D eigenvalue weighted by Crippen LogP contribution is -2.03. The van der Waals surface area contributed by atoms with Gasteiger partial charge in [-0.3, -0.25) is 0 Å². The summed E-state index contributed by atoms with van der Waals surface area (Å²) in [5.41, 5.74) is 2.44. The van der Waals surface area contributed by atoms with Gasteiger partial charge in [-0.15, -0.1) is 0 Å². The van der Waals surface area contributed by atoms with E-state index in [1.807, 2.05) is 0 Å². The Kier molecular flexibility index (Phi) is 4.18. The van der Waals surface area contributed by atoms with Crippen molar-refractivity contribution in [1.82, 2.24) is 9.55 Å². The first-order valence-electron chi connectivity index (χ1n) is 6.81. The lowest BCUT2D eigenvalue weighted by molar-refractivity contribution is 0.588. The molecule has 2 nitrogen and oxygen atoms in total. The van der Waals surface area contributed by atoms with Crippen molar-refractivity contribution in [3.8, 4) is 0 Å². The molecule has 1 aromatic carbocycles. The van der Waals surface area contributed by atoms with Gasteiger partial charge in [0.05, 0.1) is 11.0 Å². The molecule has 0 spiro atoms. The van der Waals surface area contributed by atoms with Gasteiger partial charge in [0, 0.05) is 13.0 Å². The van der Waals surface area contributed by atoms with Gasteiger partial charge in [-0.1, -0.05) is 38.8 Å². The molecule has 0 aliphatic rings. The zero-order chi connectivity index (χ0) is 12.1. The minimum atomic E-state index is 1.08. The maximum atomic E-state index is 4.74. The number of hydrogen-bond donors (Lipinski definition) is 0. The molecule has 0 aliphatic heterocycles. The van der Waals surface area contributed by atoms with Crippen LogP contribution in [-0.4, -0.2) is 9.55 Å². The number of hydrogen-bond acceptors (Lipinski definition) is 1. The molecule has 0 amide bonds. The van der Waals surface area contributed by atoms with Crippen LogP contribution in [0.2, 0.25) is 0 Å². The van der Waals surface area contributed by atoms with E-state index in [1.54, 1.807) is 0 Å². The van der Waals surface area contributed by atoms with Gasteiger partial charge in [0.25, 0.3) is 0 Å². The van der Waals surface area contributed by atoms with E-state index < -0.39 is 0 Å². The summed E-state index contributed by atoms with van der Waals surface area (Å²) in [6, 6.07) is 8.48. The fraction of sp³-hybridized carbons (Fsp3) is 0.533. The van der Waals surface area contributed by atoms with Crippen molar-refractivity contribution >= 4 is 11.0 Å². The summed E-state index contributed by atoms with van der Waals surface area (Å²) in [6.07, 6.45) is 6.08. The molecule has 0 aliphatic carbocycles. The van der Waals surface area contributed by atoms with Crippen LogP contribution in [0.1, 0.15) is 45.4 Å². The smallest absolute Gasteiger partial charge is 0.109 e. The second-order valence-electron chi connectivity index (χ2n) is 4.63. The van der Waals surface area contributed by atoms with Crippen LogP contribution in [0, 0.1) is 0 Å². The van der Waals surface area contributed by atoms with E-state index >= 15 is 0 Å². The summed E-state index contributed by atoms with van der Waals surface area (Å²) in [4.78, 5) is 4.74. The van der Waals surface area contributed by atoms with Crippen molar-refractivity contribution in [3.63, 3.8) is 0 Å². The Balaban J connectivity index is 2.30. The number of para-hydroxylation sites is 2. The van der Waals surface area contributed by atoms with Crippen molar-refractivity contribution in [2.75, 3.05) is 0 Å². The molecule has 0 atom stereocenters. The average molecular weight is 230 g/mol. The van der Waals surface area contributed by atoms with Gasteiger partial charge < -0.3 is 4.57 Å². The lowest BCUT2D eigenvalue weighted by atomic mass is 10.2. The van der Waals surface area contributed by atoms with Crippen molar-refractivity contribution in [3.05, 3.63) is 30.1 Å². The molecule has 17 heavy (non-hydrogen) atoms. The Labute approximate surface area is 104 Å². The summed E-state index contributed by atoms with van der Waals surface area (Å²) in [5.74, 6) is 1.25. The summed E-state index contributed by atoms with van der Waals surface area (Å²) in [6.45, 7) is 5.58. The maximum absolute atomic E-state index is 4.74. The van der Waals surface area contributed by atoms with Crippen molar-refractivity contribution in [1.29, 1.82) is 0 Å². The third kappa shape index (κ3) is 2.68. The maximum Gasteiger partial charge on any atom is 0.109 e. The molecule has 2 rings (SSSR count). The number of fused-ring (bicyclic) bond motifs is 1. The van der Waals surface area contributed by atoms with Crippen LogP contribution < -0.4 is 0 Å². The zero-order valence-electron chi connectivity index (χ0n) is 10.9. The van der Waals surface area contributed by atoms with E-state index in [-0.39, 0.29) is 0 Å². The summed E-state index contributed by atoms with van der Waals surface area (Å²) < 4.78 is 2.41. The Hall–Kier alpha value is -1.31. The highest BCUT2D eigenvalue weighted by Crippen LogP contribution is 2.18. The van der Waals surface area contributed by atoms with Gasteiger partial charge in [-0.05, 0) is 25.0 Å². The first-order chi connectivity index (χ1) is 8.36. The third-order valence-corrected chi connectivity index (χ3v) is 3.19. The number of rotatable bonds is 6. The predicted octanol–water partition coefficient (Wildman–Crippen LogP) is 4.18. The Morgan fingerprint density at radius 2 is 1.88 bits per heavy atom. The molecule has 0 unspecified atom stereocenters. The molecule has 2 heteroatoms. The zero-order valence-corrected chi connectivity index (χ0v) is 10.9. The number of nitrogens with zero attached hydrogens (tertiary/aromatic N) is 2. The highest BCUT2D eigenvalue weighted by atomic mass is 15.1. The van der Waals surface area contributed by atoms with Gasteiger partial charge in [0.2, 0.25) is 0 Å². The highest BCUT2D eigenvalue weighted by molar-refractivity contribution is 5.75. The molecule has 0 fully saturated rings. The normalized spacial score (nSPS) is 11.2. The van der Waals surface area contributed by atoms with E-state index in [0.29, 0.717) is 0 Å². The van der Waals surface area contributed by atoms with Crippen LogP contribution >= 0.6 is 0 Å². The van der Waals surface area contributed by atoms with Crippen LogP contribution in [0.3, 0.4) is 0 Å².